The zero-order valence-corrected chi connectivity index (χ0v) is 18.7. The molecule has 2 aromatic carbocycles. The SMILES string of the molecule is CN(CC(=O)N1CCN(S(=O)(=O)c2ccc3c(c2)OCCO3)CC1)Cc1ccc(F)cc1. The smallest absolute Gasteiger partial charge is 0.243 e. The van der Waals surface area contributed by atoms with Crippen molar-refractivity contribution in [1.82, 2.24) is 14.1 Å². The topological polar surface area (TPSA) is 79.4 Å². The zero-order valence-electron chi connectivity index (χ0n) is 17.9. The number of benzene rings is 2. The molecule has 0 spiro atoms. The highest BCUT2D eigenvalue weighted by molar-refractivity contribution is 7.89. The number of hydrogen-bond donors (Lipinski definition) is 0. The normalized spacial score (nSPS) is 16.9. The van der Waals surface area contributed by atoms with Gasteiger partial charge in [0.15, 0.2) is 11.5 Å². The summed E-state index contributed by atoms with van der Waals surface area (Å²) in [4.78, 5) is 16.4. The molecule has 2 aliphatic rings. The van der Waals surface area contributed by atoms with Gasteiger partial charge in [-0.05, 0) is 36.9 Å². The van der Waals surface area contributed by atoms with Gasteiger partial charge in [0, 0.05) is 38.8 Å². The van der Waals surface area contributed by atoms with Crippen molar-refractivity contribution in [3.05, 3.63) is 53.8 Å². The lowest BCUT2D eigenvalue weighted by Gasteiger charge is -2.35. The predicted octanol–water partition coefficient (Wildman–Crippen LogP) is 1.56. The minimum Gasteiger partial charge on any atom is -0.486 e. The lowest BCUT2D eigenvalue weighted by Crippen LogP contribution is -2.52. The second kappa shape index (κ2) is 9.43. The van der Waals surface area contributed by atoms with Gasteiger partial charge in [-0.2, -0.15) is 4.31 Å². The van der Waals surface area contributed by atoms with Gasteiger partial charge in [0.2, 0.25) is 15.9 Å². The molecule has 0 N–H and O–H groups in total. The fraction of sp³-hybridized carbons (Fsp3) is 0.409. The quantitative estimate of drug-likeness (QED) is 0.647. The Morgan fingerprint density at radius 1 is 1.00 bits per heavy atom. The minimum atomic E-state index is -3.69. The van der Waals surface area contributed by atoms with Gasteiger partial charge in [0.25, 0.3) is 0 Å². The largest absolute Gasteiger partial charge is 0.486 e. The Bertz CT molecular complexity index is 1070. The van der Waals surface area contributed by atoms with Crippen LogP contribution in [0.15, 0.2) is 47.4 Å². The van der Waals surface area contributed by atoms with Gasteiger partial charge in [0.1, 0.15) is 19.0 Å². The van der Waals surface area contributed by atoms with E-state index in [4.69, 9.17) is 9.47 Å². The zero-order chi connectivity index (χ0) is 22.7. The Morgan fingerprint density at radius 3 is 2.34 bits per heavy atom. The van der Waals surface area contributed by atoms with Crippen molar-refractivity contribution in [2.24, 2.45) is 0 Å². The van der Waals surface area contributed by atoms with Crippen LogP contribution in [0.2, 0.25) is 0 Å². The summed E-state index contributed by atoms with van der Waals surface area (Å²) >= 11 is 0. The molecular formula is C22H26FN3O5S. The van der Waals surface area contributed by atoms with Crippen LogP contribution < -0.4 is 9.47 Å². The van der Waals surface area contributed by atoms with Crippen LogP contribution in [0.4, 0.5) is 4.39 Å². The van der Waals surface area contributed by atoms with Gasteiger partial charge in [-0.3, -0.25) is 9.69 Å². The molecule has 0 unspecified atom stereocenters. The van der Waals surface area contributed by atoms with Crippen LogP contribution in [0.25, 0.3) is 0 Å². The maximum atomic E-state index is 13.0. The van der Waals surface area contributed by atoms with E-state index < -0.39 is 10.0 Å². The highest BCUT2D eigenvalue weighted by Crippen LogP contribution is 2.33. The molecule has 0 radical (unpaired) electrons. The van der Waals surface area contributed by atoms with Crippen LogP contribution in [0.3, 0.4) is 0 Å². The number of fused-ring (bicyclic) bond motifs is 1. The highest BCUT2D eigenvalue weighted by Gasteiger charge is 2.31. The molecule has 1 fully saturated rings. The fourth-order valence-electron chi connectivity index (χ4n) is 3.80. The second-order valence-corrected chi connectivity index (χ2v) is 9.83. The minimum absolute atomic E-state index is 0.0639. The predicted molar refractivity (Wildman–Crippen MR) is 116 cm³/mol. The van der Waals surface area contributed by atoms with Crippen LogP contribution in [-0.2, 0) is 21.4 Å². The summed E-state index contributed by atoms with van der Waals surface area (Å²) in [6.07, 6.45) is 0. The number of amides is 1. The Hall–Kier alpha value is -2.69. The summed E-state index contributed by atoms with van der Waals surface area (Å²) in [5, 5.41) is 0. The molecule has 1 saturated heterocycles. The number of ether oxygens (including phenoxy) is 2. The summed E-state index contributed by atoms with van der Waals surface area (Å²) in [6.45, 7) is 2.65. The van der Waals surface area contributed by atoms with Gasteiger partial charge in [-0.1, -0.05) is 12.1 Å². The maximum Gasteiger partial charge on any atom is 0.243 e. The van der Waals surface area contributed by atoms with Crippen molar-refractivity contribution in [3.63, 3.8) is 0 Å². The summed E-state index contributed by atoms with van der Waals surface area (Å²) in [5.74, 6) is 0.605. The molecule has 4 rings (SSSR count). The molecule has 0 saturated carbocycles. The number of nitrogens with zero attached hydrogens (tertiary/aromatic N) is 3. The van der Waals surface area contributed by atoms with Crippen LogP contribution in [0.1, 0.15) is 5.56 Å². The average Bonchev–Trinajstić information content (AvgIpc) is 2.80. The third-order valence-corrected chi connectivity index (χ3v) is 7.41. The lowest BCUT2D eigenvalue weighted by molar-refractivity contribution is -0.133. The first-order valence-corrected chi connectivity index (χ1v) is 11.9. The first-order chi connectivity index (χ1) is 15.3. The Morgan fingerprint density at radius 2 is 1.66 bits per heavy atom. The van der Waals surface area contributed by atoms with Crippen LogP contribution in [0.5, 0.6) is 11.5 Å². The number of rotatable bonds is 6. The number of sulfonamides is 1. The van der Waals surface area contributed by atoms with Crippen molar-refractivity contribution in [1.29, 1.82) is 0 Å². The number of carbonyl (C=O) groups excluding carboxylic acids is 1. The highest BCUT2D eigenvalue weighted by atomic mass is 32.2. The summed E-state index contributed by atoms with van der Waals surface area (Å²) in [5.41, 5.74) is 0.914. The van der Waals surface area contributed by atoms with E-state index in [1.54, 1.807) is 23.1 Å². The Balaban J connectivity index is 1.32. The van der Waals surface area contributed by atoms with E-state index in [2.05, 4.69) is 0 Å². The Kier molecular flexibility index (Phi) is 6.63. The third-order valence-electron chi connectivity index (χ3n) is 5.51. The maximum absolute atomic E-state index is 13.0. The monoisotopic (exact) mass is 463 g/mol. The molecule has 32 heavy (non-hydrogen) atoms. The van der Waals surface area contributed by atoms with E-state index in [0.717, 1.165) is 5.56 Å². The molecule has 2 aliphatic heterocycles. The number of carbonyl (C=O) groups is 1. The van der Waals surface area contributed by atoms with Crippen LogP contribution in [0, 0.1) is 5.82 Å². The lowest BCUT2D eigenvalue weighted by atomic mass is 10.2. The van der Waals surface area contributed by atoms with E-state index in [1.165, 1.54) is 28.6 Å². The fourth-order valence-corrected chi connectivity index (χ4v) is 5.24. The molecule has 0 aliphatic carbocycles. The molecule has 0 atom stereocenters. The van der Waals surface area contributed by atoms with E-state index in [0.29, 0.717) is 44.3 Å². The van der Waals surface area contributed by atoms with Crippen LogP contribution >= 0.6 is 0 Å². The van der Waals surface area contributed by atoms with E-state index in [1.807, 2.05) is 11.9 Å². The summed E-state index contributed by atoms with van der Waals surface area (Å²) < 4.78 is 51.5. The number of halogens is 1. The number of piperazine rings is 1. The summed E-state index contributed by atoms with van der Waals surface area (Å²) in [7, 11) is -1.87. The summed E-state index contributed by atoms with van der Waals surface area (Å²) in [6, 6.07) is 10.8. The van der Waals surface area contributed by atoms with Gasteiger partial charge in [0.05, 0.1) is 11.4 Å². The van der Waals surface area contributed by atoms with E-state index in [9.17, 15) is 17.6 Å². The molecule has 10 heteroatoms. The molecule has 0 aromatic heterocycles. The van der Waals surface area contributed by atoms with Gasteiger partial charge < -0.3 is 14.4 Å². The number of hydrogen-bond acceptors (Lipinski definition) is 6. The van der Waals surface area contributed by atoms with Gasteiger partial charge in [-0.15, -0.1) is 0 Å². The average molecular weight is 464 g/mol. The van der Waals surface area contributed by atoms with Crippen molar-refractivity contribution in [2.45, 2.75) is 11.4 Å². The van der Waals surface area contributed by atoms with Gasteiger partial charge in [-0.25, -0.2) is 12.8 Å². The van der Waals surface area contributed by atoms with Crippen molar-refractivity contribution in [3.8, 4) is 11.5 Å². The Labute approximate surface area is 187 Å². The van der Waals surface area contributed by atoms with E-state index >= 15 is 0 Å². The standard InChI is InChI=1S/C22H26FN3O5S/c1-24(15-17-2-4-18(23)5-3-17)16-22(27)25-8-10-26(11-9-25)32(28,29)19-6-7-20-21(14-19)31-13-12-30-20/h2-7,14H,8-13,15-16H2,1H3. The molecule has 1 amide bonds. The molecule has 8 nitrogen and oxygen atoms in total. The third kappa shape index (κ3) is 5.03. The first-order valence-electron chi connectivity index (χ1n) is 10.4. The molecular weight excluding hydrogens is 437 g/mol. The second-order valence-electron chi connectivity index (χ2n) is 7.89. The first kappa shape index (κ1) is 22.5. The molecule has 0 bridgehead atoms. The van der Waals surface area contributed by atoms with Crippen molar-refractivity contribution >= 4 is 15.9 Å². The molecule has 2 aromatic rings. The van der Waals surface area contributed by atoms with Crippen molar-refractivity contribution in [2.75, 3.05) is 53.0 Å². The van der Waals surface area contributed by atoms with Crippen LogP contribution in [-0.4, -0.2) is 81.4 Å². The van der Waals surface area contributed by atoms with E-state index in [-0.39, 0.29) is 36.3 Å². The van der Waals surface area contributed by atoms with Crippen molar-refractivity contribution < 1.29 is 27.1 Å². The molecule has 2 heterocycles. The van der Waals surface area contributed by atoms with Gasteiger partial charge >= 0.3 is 0 Å². The number of likely N-dealkylation sites (N-methyl/N-ethyl adjacent to an activating group) is 1. The molecule has 172 valence electrons.